The summed E-state index contributed by atoms with van der Waals surface area (Å²) in [6.07, 6.45) is 18.8. The smallest absolute Gasteiger partial charge is 0.265 e. The molecule has 0 saturated carbocycles. The Labute approximate surface area is 292 Å². The number of nitrogens with two attached hydrogens (primary N) is 1. The van der Waals surface area contributed by atoms with Crippen LogP contribution in [0, 0.1) is 5.41 Å². The predicted molar refractivity (Wildman–Crippen MR) is 200 cm³/mol. The number of ether oxygens (including phenoxy) is 3. The quantitative estimate of drug-likeness (QED) is 0.0539. The molecule has 274 valence electrons. The van der Waals surface area contributed by atoms with Crippen molar-refractivity contribution >= 4 is 21.4 Å². The molecular formula is C39H66N2O6S. The van der Waals surface area contributed by atoms with E-state index in [0.29, 0.717) is 19.0 Å². The number of methoxy groups -OCH3 is 1. The van der Waals surface area contributed by atoms with Gasteiger partial charge in [-0.05, 0) is 47.9 Å². The lowest BCUT2D eigenvalue weighted by Crippen LogP contribution is -2.26. The molecule has 2 rings (SSSR count). The molecule has 0 bridgehead atoms. The zero-order chi connectivity index (χ0) is 35.6. The van der Waals surface area contributed by atoms with E-state index in [4.69, 9.17) is 19.9 Å². The molecule has 8 nitrogen and oxygen atoms in total. The average molecular weight is 691 g/mol. The second-order valence-electron chi connectivity index (χ2n) is 15.1. The number of benzene rings is 2. The second-order valence-corrected chi connectivity index (χ2v) is 16.7. The largest absolute Gasteiger partial charge is 0.506 e. The van der Waals surface area contributed by atoms with Crippen LogP contribution in [0.3, 0.4) is 0 Å². The van der Waals surface area contributed by atoms with Gasteiger partial charge in [-0.25, -0.2) is 8.42 Å². The molecule has 0 unspecified atom stereocenters. The van der Waals surface area contributed by atoms with Crippen LogP contribution in [0.4, 0.5) is 11.4 Å². The van der Waals surface area contributed by atoms with E-state index in [2.05, 4.69) is 46.3 Å². The summed E-state index contributed by atoms with van der Waals surface area (Å²) in [7, 11) is -2.64. The van der Waals surface area contributed by atoms with E-state index < -0.39 is 10.0 Å². The number of nitrogens with one attached hydrogen (secondary N) is 1. The zero-order valence-corrected chi connectivity index (χ0v) is 31.9. The van der Waals surface area contributed by atoms with Crippen molar-refractivity contribution in [2.24, 2.45) is 5.41 Å². The van der Waals surface area contributed by atoms with Crippen molar-refractivity contribution in [1.82, 2.24) is 0 Å². The summed E-state index contributed by atoms with van der Waals surface area (Å²) in [6, 6.07) is 7.68. The molecule has 0 radical (unpaired) electrons. The molecule has 0 saturated heterocycles. The maximum atomic E-state index is 13.6. The van der Waals surface area contributed by atoms with Gasteiger partial charge in [-0.1, -0.05) is 125 Å². The highest BCUT2D eigenvalue weighted by atomic mass is 32.2. The van der Waals surface area contributed by atoms with Crippen molar-refractivity contribution in [3.05, 3.63) is 35.9 Å². The van der Waals surface area contributed by atoms with E-state index in [1.165, 1.54) is 89.2 Å². The first-order valence-corrected chi connectivity index (χ1v) is 19.7. The summed E-state index contributed by atoms with van der Waals surface area (Å²) in [5, 5.41) is 11.1. The molecule has 0 atom stereocenters. The number of phenols is 1. The maximum absolute atomic E-state index is 13.6. The van der Waals surface area contributed by atoms with Crippen molar-refractivity contribution in [2.75, 3.05) is 37.4 Å². The number of unbranched alkanes of at least 4 members (excludes halogenated alkanes) is 13. The summed E-state index contributed by atoms with van der Waals surface area (Å²) < 4.78 is 46.9. The Kier molecular flexibility index (Phi) is 18.0. The molecule has 0 fully saturated rings. The van der Waals surface area contributed by atoms with Crippen LogP contribution in [0.2, 0.25) is 0 Å². The van der Waals surface area contributed by atoms with Gasteiger partial charge in [0.25, 0.3) is 10.0 Å². The van der Waals surface area contributed by atoms with E-state index in [-0.39, 0.29) is 45.2 Å². The topological polar surface area (TPSA) is 120 Å². The van der Waals surface area contributed by atoms with Gasteiger partial charge < -0.3 is 25.1 Å². The van der Waals surface area contributed by atoms with Crippen LogP contribution in [-0.4, -0.2) is 40.5 Å². The Hall–Kier alpha value is -2.65. The summed E-state index contributed by atoms with van der Waals surface area (Å²) >= 11 is 0. The van der Waals surface area contributed by atoms with Crippen LogP contribution in [0.15, 0.2) is 35.2 Å². The Morgan fingerprint density at radius 1 is 0.729 bits per heavy atom. The monoisotopic (exact) mass is 690 g/mol. The summed E-state index contributed by atoms with van der Waals surface area (Å²) in [5.41, 5.74) is 6.79. The van der Waals surface area contributed by atoms with Gasteiger partial charge in [0.2, 0.25) is 0 Å². The van der Waals surface area contributed by atoms with Crippen molar-refractivity contribution in [2.45, 2.75) is 148 Å². The van der Waals surface area contributed by atoms with Crippen LogP contribution < -0.4 is 19.9 Å². The van der Waals surface area contributed by atoms with Crippen molar-refractivity contribution < 1.29 is 27.7 Å². The third-order valence-corrected chi connectivity index (χ3v) is 9.99. The fourth-order valence-corrected chi connectivity index (χ4v) is 7.73. The molecule has 2 aromatic carbocycles. The minimum Gasteiger partial charge on any atom is -0.506 e. The fourth-order valence-electron chi connectivity index (χ4n) is 6.49. The van der Waals surface area contributed by atoms with Crippen molar-refractivity contribution in [1.29, 1.82) is 0 Å². The maximum Gasteiger partial charge on any atom is 0.265 e. The van der Waals surface area contributed by atoms with Crippen LogP contribution in [-0.2, 0) is 20.2 Å². The number of anilines is 2. The molecule has 0 aromatic heterocycles. The van der Waals surface area contributed by atoms with Crippen molar-refractivity contribution in [3.8, 4) is 17.2 Å². The first-order valence-electron chi connectivity index (χ1n) is 18.2. The number of hydrogen-bond donors (Lipinski definition) is 3. The number of rotatable bonds is 25. The van der Waals surface area contributed by atoms with E-state index in [0.717, 1.165) is 24.8 Å². The molecule has 0 aliphatic carbocycles. The zero-order valence-electron chi connectivity index (χ0n) is 31.1. The second kappa shape index (κ2) is 20.8. The van der Waals surface area contributed by atoms with Crippen LogP contribution in [0.5, 0.6) is 17.2 Å². The highest BCUT2D eigenvalue weighted by molar-refractivity contribution is 7.92. The lowest BCUT2D eigenvalue weighted by Gasteiger charge is -2.34. The lowest BCUT2D eigenvalue weighted by molar-refractivity contribution is 0.144. The lowest BCUT2D eigenvalue weighted by atomic mass is 9.72. The molecule has 0 aliphatic heterocycles. The highest BCUT2D eigenvalue weighted by Crippen LogP contribution is 2.44. The molecule has 0 spiro atoms. The standard InChI is InChI=1S/C39H66N2O6S/c1-8-9-10-11-12-13-14-15-16-17-18-19-20-21-24-46-36-29-33(34(42)28-32(36)39(5,6)30-38(2,3)4)41-48(43,44)37-27-31(40)22-23-35(37)47-26-25-45-7/h22-23,27-29,41-42H,8-21,24-26,30,40H2,1-7H3. The molecule has 4 N–H and O–H groups in total. The minimum absolute atomic E-state index is 0.0255. The van der Waals surface area contributed by atoms with Crippen LogP contribution in [0.1, 0.15) is 143 Å². The summed E-state index contributed by atoms with van der Waals surface area (Å²) in [4.78, 5) is -0.125. The van der Waals surface area contributed by atoms with E-state index in [9.17, 15) is 13.5 Å². The van der Waals surface area contributed by atoms with Gasteiger partial charge in [-0.15, -0.1) is 0 Å². The van der Waals surface area contributed by atoms with E-state index in [1.54, 1.807) is 25.3 Å². The van der Waals surface area contributed by atoms with Gasteiger partial charge in [0.05, 0.1) is 18.9 Å². The number of hydrogen-bond acceptors (Lipinski definition) is 7. The Balaban J connectivity index is 2.07. The highest BCUT2D eigenvalue weighted by Gasteiger charge is 2.32. The molecule has 2 aromatic rings. The summed E-state index contributed by atoms with van der Waals surface area (Å²) in [6.45, 7) is 14.1. The molecule has 9 heteroatoms. The first-order chi connectivity index (χ1) is 22.7. The molecule has 48 heavy (non-hydrogen) atoms. The van der Waals surface area contributed by atoms with Gasteiger partial charge in [0, 0.05) is 24.4 Å². The van der Waals surface area contributed by atoms with Crippen molar-refractivity contribution in [3.63, 3.8) is 0 Å². The van der Waals surface area contributed by atoms with Gasteiger partial charge >= 0.3 is 0 Å². The van der Waals surface area contributed by atoms with Crippen LogP contribution >= 0.6 is 0 Å². The normalized spacial score (nSPS) is 12.3. The molecule has 0 aliphatic rings. The van der Waals surface area contributed by atoms with Gasteiger partial charge in [0.1, 0.15) is 28.8 Å². The summed E-state index contributed by atoms with van der Waals surface area (Å²) in [5.74, 6) is 0.536. The van der Waals surface area contributed by atoms with Crippen LogP contribution in [0.25, 0.3) is 0 Å². The number of phenolic OH excluding ortho intramolecular Hbond substituents is 1. The first kappa shape index (κ1) is 41.5. The minimum atomic E-state index is -4.18. The van der Waals surface area contributed by atoms with Gasteiger partial charge in [0.15, 0.2) is 0 Å². The predicted octanol–water partition coefficient (Wildman–Crippen LogP) is 10.4. The molecule has 0 amide bonds. The third-order valence-electron chi connectivity index (χ3n) is 8.60. The SMILES string of the molecule is CCCCCCCCCCCCCCCCOc1cc(NS(=O)(=O)c2cc(N)ccc2OCCOC)c(O)cc1C(C)(C)CC(C)(C)C. The van der Waals surface area contributed by atoms with Gasteiger partial charge in [-0.3, -0.25) is 4.72 Å². The third kappa shape index (κ3) is 15.3. The molecular weight excluding hydrogens is 625 g/mol. The fraction of sp³-hybridized carbons (Fsp3) is 0.692. The Morgan fingerprint density at radius 3 is 1.81 bits per heavy atom. The van der Waals surface area contributed by atoms with E-state index in [1.807, 2.05) is 0 Å². The number of sulfonamides is 1. The Morgan fingerprint density at radius 2 is 1.27 bits per heavy atom. The number of aromatic hydroxyl groups is 1. The Bertz CT molecular complexity index is 1320. The van der Waals surface area contributed by atoms with Gasteiger partial charge in [-0.2, -0.15) is 0 Å². The molecule has 0 heterocycles. The average Bonchev–Trinajstić information content (AvgIpc) is 2.99. The van der Waals surface area contributed by atoms with E-state index >= 15 is 0 Å². The number of nitrogen functional groups attached to an aromatic ring is 1.